The first-order chi connectivity index (χ1) is 10.1. The van der Waals surface area contributed by atoms with Crippen molar-refractivity contribution in [2.45, 2.75) is 51.9 Å². The Hall–Kier alpha value is -1.49. The highest BCUT2D eigenvalue weighted by atomic mass is 19.1. The van der Waals surface area contributed by atoms with Gasteiger partial charge in [0.2, 0.25) is 0 Å². The number of hydroxylamine groups is 1. The van der Waals surface area contributed by atoms with Gasteiger partial charge in [-0.05, 0) is 30.7 Å². The highest BCUT2D eigenvalue weighted by Crippen LogP contribution is 2.32. The largest absolute Gasteiger partial charge is 0.288 e. The summed E-state index contributed by atoms with van der Waals surface area (Å²) in [5.41, 5.74) is 1.90. The van der Waals surface area contributed by atoms with Crippen LogP contribution in [0.5, 0.6) is 0 Å². The van der Waals surface area contributed by atoms with Gasteiger partial charge in [0.25, 0.3) is 5.91 Å². The quantitative estimate of drug-likeness (QED) is 0.645. The Morgan fingerprint density at radius 3 is 2.81 bits per heavy atom. The van der Waals surface area contributed by atoms with Crippen molar-refractivity contribution < 1.29 is 14.4 Å². The van der Waals surface area contributed by atoms with Crippen LogP contribution in [0.4, 0.5) is 4.39 Å². The lowest BCUT2D eigenvalue weighted by Crippen LogP contribution is -2.19. The van der Waals surface area contributed by atoms with Crippen molar-refractivity contribution in [3.63, 3.8) is 0 Å². The molecule has 1 atom stereocenters. The van der Waals surface area contributed by atoms with Gasteiger partial charge >= 0.3 is 0 Å². The number of hydrogen-bond donors (Lipinski definition) is 2. The van der Waals surface area contributed by atoms with Crippen LogP contribution in [-0.4, -0.2) is 16.1 Å². The van der Waals surface area contributed by atoms with Gasteiger partial charge in [-0.15, -0.1) is 0 Å². The molecule has 1 amide bonds. The van der Waals surface area contributed by atoms with Crippen LogP contribution in [0.3, 0.4) is 0 Å². The molecule has 1 saturated carbocycles. The van der Waals surface area contributed by atoms with Gasteiger partial charge in [-0.3, -0.25) is 15.0 Å². The maximum atomic E-state index is 13.9. The van der Waals surface area contributed by atoms with E-state index < -0.39 is 11.7 Å². The molecule has 0 aliphatic heterocycles. The zero-order valence-corrected chi connectivity index (χ0v) is 12.4. The molecule has 2 rings (SSSR count). The van der Waals surface area contributed by atoms with Crippen LogP contribution < -0.4 is 5.48 Å². The van der Waals surface area contributed by atoms with Crippen molar-refractivity contribution in [2.75, 3.05) is 0 Å². The summed E-state index contributed by atoms with van der Waals surface area (Å²) < 4.78 is 13.9. The second-order valence-corrected chi connectivity index (χ2v) is 6.01. The Morgan fingerprint density at radius 1 is 1.48 bits per heavy atom. The molecule has 0 unspecified atom stereocenters. The van der Waals surface area contributed by atoms with Crippen molar-refractivity contribution in [1.82, 2.24) is 10.5 Å². The minimum atomic E-state index is -0.747. The van der Waals surface area contributed by atoms with Gasteiger partial charge in [-0.2, -0.15) is 0 Å². The van der Waals surface area contributed by atoms with Crippen LogP contribution in [0.25, 0.3) is 0 Å². The molecule has 1 heterocycles. The van der Waals surface area contributed by atoms with E-state index in [1.165, 1.54) is 43.8 Å². The van der Waals surface area contributed by atoms with Crippen molar-refractivity contribution in [2.24, 2.45) is 11.8 Å². The molecule has 4 nitrogen and oxygen atoms in total. The lowest BCUT2D eigenvalue weighted by molar-refractivity contribution is 0.0705. The van der Waals surface area contributed by atoms with E-state index in [9.17, 15) is 9.18 Å². The van der Waals surface area contributed by atoms with Gasteiger partial charge in [-0.25, -0.2) is 9.87 Å². The first kappa shape index (κ1) is 15.9. The first-order valence-corrected chi connectivity index (χ1v) is 7.70. The average Bonchev–Trinajstić information content (AvgIpc) is 2.53. The van der Waals surface area contributed by atoms with E-state index in [1.54, 1.807) is 0 Å². The lowest BCUT2D eigenvalue weighted by atomic mass is 9.79. The molecular weight excluding hydrogens is 271 g/mol. The molecule has 1 aliphatic carbocycles. The number of pyridine rings is 1. The second kappa shape index (κ2) is 7.50. The van der Waals surface area contributed by atoms with Gasteiger partial charge in [0.1, 0.15) is 5.82 Å². The fraction of sp³-hybridized carbons (Fsp3) is 0.625. The molecular formula is C16H23FN2O2. The average molecular weight is 294 g/mol. The first-order valence-electron chi connectivity index (χ1n) is 7.70. The summed E-state index contributed by atoms with van der Waals surface area (Å²) >= 11 is 0. The molecule has 0 aromatic carbocycles. The number of nitrogens with one attached hydrogen (secondary N) is 1. The van der Waals surface area contributed by atoms with Crippen LogP contribution in [0.15, 0.2) is 12.3 Å². The molecule has 21 heavy (non-hydrogen) atoms. The van der Waals surface area contributed by atoms with E-state index in [4.69, 9.17) is 5.21 Å². The predicted molar refractivity (Wildman–Crippen MR) is 77.5 cm³/mol. The highest BCUT2D eigenvalue weighted by molar-refractivity contribution is 5.92. The zero-order chi connectivity index (χ0) is 15.2. The summed E-state index contributed by atoms with van der Waals surface area (Å²) in [5.74, 6) is 0.101. The lowest BCUT2D eigenvalue weighted by Gasteiger charge is -2.27. The second-order valence-electron chi connectivity index (χ2n) is 6.01. The fourth-order valence-electron chi connectivity index (χ4n) is 3.14. The summed E-state index contributed by atoms with van der Waals surface area (Å²) in [5, 5.41) is 8.52. The number of hydrogen-bond acceptors (Lipinski definition) is 3. The van der Waals surface area contributed by atoms with Gasteiger partial charge in [0, 0.05) is 6.20 Å². The van der Waals surface area contributed by atoms with Crippen molar-refractivity contribution in [3.8, 4) is 0 Å². The van der Waals surface area contributed by atoms with E-state index in [0.29, 0.717) is 18.0 Å². The molecule has 1 aromatic heterocycles. The number of amides is 1. The number of aryl methyl sites for hydroxylation is 1. The predicted octanol–water partition coefficient (Wildman–Crippen LogP) is 3.49. The maximum absolute atomic E-state index is 13.9. The summed E-state index contributed by atoms with van der Waals surface area (Å²) in [7, 11) is 0. The number of carbonyl (C=O) groups is 1. The molecule has 116 valence electrons. The zero-order valence-electron chi connectivity index (χ0n) is 12.4. The van der Waals surface area contributed by atoms with Gasteiger partial charge in [0.05, 0.1) is 11.3 Å². The van der Waals surface area contributed by atoms with Gasteiger partial charge in [-0.1, -0.05) is 39.0 Å². The Balaban J connectivity index is 1.92. The Bertz CT molecular complexity index is 487. The Labute approximate surface area is 124 Å². The van der Waals surface area contributed by atoms with Crippen LogP contribution in [0, 0.1) is 17.7 Å². The normalized spacial score (nSPS) is 17.5. The minimum Gasteiger partial charge on any atom is -0.288 e. The number of nitrogens with zero attached hydrogens (tertiary/aromatic N) is 1. The Kier molecular flexibility index (Phi) is 5.67. The van der Waals surface area contributed by atoms with E-state index >= 15 is 0 Å². The summed E-state index contributed by atoms with van der Waals surface area (Å²) in [6.07, 6.45) is 9.34. The third-order valence-electron chi connectivity index (χ3n) is 4.57. The molecule has 2 N–H and O–H groups in total. The van der Waals surface area contributed by atoms with E-state index in [1.807, 2.05) is 0 Å². The van der Waals surface area contributed by atoms with Crippen molar-refractivity contribution >= 4 is 5.91 Å². The molecule has 1 aliphatic rings. The standard InChI is InChI=1S/C16H23FN2O2/c1-11(12-5-3-2-4-6-12)7-8-15-14(17)9-13(10-18-15)16(20)19-21/h9-12,21H,2-8H2,1H3,(H,19,20)/t11-/m1/s1. The third-order valence-corrected chi connectivity index (χ3v) is 4.57. The number of halogens is 1. The molecule has 0 saturated heterocycles. The molecule has 0 radical (unpaired) electrons. The van der Waals surface area contributed by atoms with Gasteiger partial charge in [0.15, 0.2) is 0 Å². The van der Waals surface area contributed by atoms with Crippen LogP contribution in [0.1, 0.15) is 61.5 Å². The summed E-state index contributed by atoms with van der Waals surface area (Å²) in [6.45, 7) is 2.24. The summed E-state index contributed by atoms with van der Waals surface area (Å²) in [4.78, 5) is 15.2. The molecule has 0 spiro atoms. The summed E-state index contributed by atoms with van der Waals surface area (Å²) in [6, 6.07) is 1.12. The molecule has 0 bridgehead atoms. The van der Waals surface area contributed by atoms with E-state index in [2.05, 4.69) is 11.9 Å². The topological polar surface area (TPSA) is 62.2 Å². The van der Waals surface area contributed by atoms with Crippen molar-refractivity contribution in [3.05, 3.63) is 29.3 Å². The van der Waals surface area contributed by atoms with Gasteiger partial charge < -0.3 is 0 Å². The molecule has 1 aromatic rings. The Morgan fingerprint density at radius 2 is 2.19 bits per heavy atom. The third kappa shape index (κ3) is 4.24. The molecule has 5 heteroatoms. The van der Waals surface area contributed by atoms with Crippen LogP contribution in [0.2, 0.25) is 0 Å². The fourth-order valence-corrected chi connectivity index (χ4v) is 3.14. The van der Waals surface area contributed by atoms with E-state index in [-0.39, 0.29) is 5.56 Å². The smallest absolute Gasteiger partial charge is 0.276 e. The van der Waals surface area contributed by atoms with Crippen LogP contribution >= 0.6 is 0 Å². The monoisotopic (exact) mass is 294 g/mol. The number of carbonyl (C=O) groups excluding carboxylic acids is 1. The molecule has 1 fully saturated rings. The SMILES string of the molecule is C[C@H](CCc1ncc(C(=O)NO)cc1F)C1CCCCC1. The number of aromatic nitrogens is 1. The number of rotatable bonds is 5. The highest BCUT2D eigenvalue weighted by Gasteiger charge is 2.20. The van der Waals surface area contributed by atoms with Crippen molar-refractivity contribution in [1.29, 1.82) is 0 Å². The maximum Gasteiger partial charge on any atom is 0.276 e. The minimum absolute atomic E-state index is 0.0269. The van der Waals surface area contributed by atoms with E-state index in [0.717, 1.165) is 18.4 Å². The van der Waals surface area contributed by atoms with Crippen LogP contribution in [-0.2, 0) is 6.42 Å².